The first-order valence-corrected chi connectivity index (χ1v) is 6.41. The van der Waals surface area contributed by atoms with Gasteiger partial charge in [0, 0.05) is 12.2 Å². The van der Waals surface area contributed by atoms with Crippen LogP contribution < -0.4 is 0 Å². The molecule has 0 aliphatic carbocycles. The summed E-state index contributed by atoms with van der Waals surface area (Å²) in [6, 6.07) is 2.23. The van der Waals surface area contributed by atoms with E-state index in [1.807, 2.05) is 6.08 Å². The van der Waals surface area contributed by atoms with Gasteiger partial charge in [-0.15, -0.1) is 0 Å². The van der Waals surface area contributed by atoms with Gasteiger partial charge in [0.2, 0.25) is 0 Å². The highest BCUT2D eigenvalue weighted by atomic mass is 15.3. The molecule has 0 spiro atoms. The number of allylic oxidation sites excluding steroid dienone is 5. The number of fused-ring (bicyclic) bond motifs is 1. The monoisotopic (exact) mass is 228 g/mol. The molecule has 2 rings (SSSR count). The number of hydrogen-bond donors (Lipinski definition) is 0. The van der Waals surface area contributed by atoms with Crippen LogP contribution in [0.25, 0.3) is 5.57 Å². The van der Waals surface area contributed by atoms with E-state index in [1.165, 1.54) is 24.1 Å². The Labute approximate surface area is 103 Å². The number of aromatic nitrogens is 2. The lowest BCUT2D eigenvalue weighted by Gasteiger charge is -2.11. The lowest BCUT2D eigenvalue weighted by atomic mass is 10.1. The Morgan fingerprint density at radius 3 is 3.12 bits per heavy atom. The molecule has 0 aromatic carbocycles. The summed E-state index contributed by atoms with van der Waals surface area (Å²) in [5, 5.41) is 4.69. The van der Waals surface area contributed by atoms with Crippen molar-refractivity contribution in [2.45, 2.75) is 39.2 Å². The quantitative estimate of drug-likeness (QED) is 0.717. The van der Waals surface area contributed by atoms with Crippen molar-refractivity contribution in [2.75, 3.05) is 0 Å². The molecule has 0 saturated heterocycles. The van der Waals surface area contributed by atoms with E-state index in [2.05, 4.69) is 41.5 Å². The molecule has 0 unspecified atom stereocenters. The van der Waals surface area contributed by atoms with Crippen molar-refractivity contribution in [3.8, 4) is 0 Å². The zero-order chi connectivity index (χ0) is 12.1. The van der Waals surface area contributed by atoms with Crippen molar-refractivity contribution in [3.63, 3.8) is 0 Å². The molecule has 1 aliphatic heterocycles. The minimum Gasteiger partial charge on any atom is -0.269 e. The molecule has 0 bridgehead atoms. The van der Waals surface area contributed by atoms with Crippen LogP contribution >= 0.6 is 0 Å². The Bertz CT molecular complexity index is 426. The van der Waals surface area contributed by atoms with Crippen molar-refractivity contribution in [1.29, 1.82) is 0 Å². The topological polar surface area (TPSA) is 17.8 Å². The molecule has 0 atom stereocenters. The summed E-state index contributed by atoms with van der Waals surface area (Å²) in [5.41, 5.74) is 3.68. The molecule has 1 aromatic heterocycles. The van der Waals surface area contributed by atoms with Gasteiger partial charge in [0.1, 0.15) is 0 Å². The van der Waals surface area contributed by atoms with E-state index < -0.39 is 0 Å². The fraction of sp³-hybridized carbons (Fsp3) is 0.400. The molecule has 0 N–H and O–H groups in total. The van der Waals surface area contributed by atoms with Crippen LogP contribution in [0.15, 0.2) is 36.9 Å². The Morgan fingerprint density at radius 1 is 1.53 bits per heavy atom. The van der Waals surface area contributed by atoms with E-state index in [-0.39, 0.29) is 0 Å². The SMILES string of the molecule is C=C/C=C\C(=C/CC)c1cc2n(n1)CCCC2. The summed E-state index contributed by atoms with van der Waals surface area (Å²) < 4.78 is 2.16. The second kappa shape index (κ2) is 5.67. The molecule has 1 aromatic rings. The van der Waals surface area contributed by atoms with Crippen LogP contribution in [0.1, 0.15) is 37.6 Å². The van der Waals surface area contributed by atoms with Gasteiger partial charge in [-0.3, -0.25) is 4.68 Å². The van der Waals surface area contributed by atoms with E-state index in [0.717, 1.165) is 25.1 Å². The number of rotatable bonds is 4. The molecule has 0 amide bonds. The lowest BCUT2D eigenvalue weighted by molar-refractivity contribution is 0.485. The summed E-state index contributed by atoms with van der Waals surface area (Å²) in [6.45, 7) is 6.93. The molecular weight excluding hydrogens is 208 g/mol. The van der Waals surface area contributed by atoms with Crippen LogP contribution in [0.4, 0.5) is 0 Å². The Kier molecular flexibility index (Phi) is 3.97. The van der Waals surface area contributed by atoms with Crippen molar-refractivity contribution in [2.24, 2.45) is 0 Å². The minimum atomic E-state index is 1.03. The van der Waals surface area contributed by atoms with Gasteiger partial charge in [-0.25, -0.2) is 0 Å². The van der Waals surface area contributed by atoms with Crippen LogP contribution in [0.5, 0.6) is 0 Å². The van der Waals surface area contributed by atoms with Gasteiger partial charge in [-0.05, 0) is 37.3 Å². The van der Waals surface area contributed by atoms with E-state index >= 15 is 0 Å². The zero-order valence-corrected chi connectivity index (χ0v) is 10.5. The Hall–Kier alpha value is -1.57. The van der Waals surface area contributed by atoms with Gasteiger partial charge in [0.15, 0.2) is 0 Å². The molecule has 0 radical (unpaired) electrons. The summed E-state index contributed by atoms with van der Waals surface area (Å²) in [5.74, 6) is 0. The van der Waals surface area contributed by atoms with Crippen LogP contribution in [0.2, 0.25) is 0 Å². The predicted octanol–water partition coefficient (Wildman–Crippen LogP) is 3.76. The van der Waals surface area contributed by atoms with E-state index in [0.29, 0.717) is 0 Å². The smallest absolute Gasteiger partial charge is 0.0922 e. The highest BCUT2D eigenvalue weighted by Gasteiger charge is 2.12. The Morgan fingerprint density at radius 2 is 2.41 bits per heavy atom. The fourth-order valence-corrected chi connectivity index (χ4v) is 2.21. The average molecular weight is 228 g/mol. The summed E-state index contributed by atoms with van der Waals surface area (Å²) in [4.78, 5) is 0. The standard InChI is InChI=1S/C15H20N2/c1-3-5-9-13(8-4-2)15-12-14-10-6-7-11-17(14)16-15/h3,5,8-9,12H,1,4,6-7,10-11H2,2H3/b9-5-,13-8+. The van der Waals surface area contributed by atoms with Crippen LogP contribution in [-0.2, 0) is 13.0 Å². The maximum Gasteiger partial charge on any atom is 0.0922 e. The van der Waals surface area contributed by atoms with E-state index in [4.69, 9.17) is 0 Å². The maximum absolute atomic E-state index is 4.69. The molecular formula is C15H20N2. The summed E-state index contributed by atoms with van der Waals surface area (Å²) in [7, 11) is 0. The highest BCUT2D eigenvalue weighted by Crippen LogP contribution is 2.21. The third-order valence-corrected chi connectivity index (χ3v) is 3.05. The van der Waals surface area contributed by atoms with Gasteiger partial charge in [0.25, 0.3) is 0 Å². The number of hydrogen-bond acceptors (Lipinski definition) is 1. The Balaban J connectivity index is 2.30. The first kappa shape index (κ1) is 11.9. The minimum absolute atomic E-state index is 1.03. The largest absolute Gasteiger partial charge is 0.269 e. The van der Waals surface area contributed by atoms with Crippen molar-refractivity contribution < 1.29 is 0 Å². The molecule has 90 valence electrons. The van der Waals surface area contributed by atoms with Crippen molar-refractivity contribution in [1.82, 2.24) is 9.78 Å². The molecule has 17 heavy (non-hydrogen) atoms. The van der Waals surface area contributed by atoms with Crippen molar-refractivity contribution >= 4 is 5.57 Å². The van der Waals surface area contributed by atoms with Crippen LogP contribution in [-0.4, -0.2) is 9.78 Å². The predicted molar refractivity (Wildman–Crippen MR) is 72.8 cm³/mol. The zero-order valence-electron chi connectivity index (χ0n) is 10.5. The maximum atomic E-state index is 4.69. The normalized spacial score (nSPS) is 16.2. The van der Waals surface area contributed by atoms with E-state index in [1.54, 1.807) is 6.08 Å². The highest BCUT2D eigenvalue weighted by molar-refractivity contribution is 5.72. The molecule has 2 heterocycles. The van der Waals surface area contributed by atoms with Gasteiger partial charge in [-0.1, -0.05) is 37.8 Å². The number of aryl methyl sites for hydroxylation is 2. The van der Waals surface area contributed by atoms with Gasteiger partial charge in [0.05, 0.1) is 5.69 Å². The molecule has 2 nitrogen and oxygen atoms in total. The number of nitrogens with zero attached hydrogens (tertiary/aromatic N) is 2. The molecule has 1 aliphatic rings. The first-order valence-electron chi connectivity index (χ1n) is 6.41. The summed E-state index contributed by atoms with van der Waals surface area (Å²) >= 11 is 0. The van der Waals surface area contributed by atoms with Gasteiger partial charge >= 0.3 is 0 Å². The van der Waals surface area contributed by atoms with Gasteiger partial charge < -0.3 is 0 Å². The molecule has 2 heteroatoms. The van der Waals surface area contributed by atoms with Crippen LogP contribution in [0.3, 0.4) is 0 Å². The molecule has 0 saturated carbocycles. The first-order chi connectivity index (χ1) is 8.35. The second-order valence-corrected chi connectivity index (χ2v) is 4.36. The molecule has 0 fully saturated rings. The lowest BCUT2D eigenvalue weighted by Crippen LogP contribution is -2.10. The van der Waals surface area contributed by atoms with Crippen LogP contribution in [0, 0.1) is 0 Å². The fourth-order valence-electron chi connectivity index (χ4n) is 2.21. The van der Waals surface area contributed by atoms with Crippen molar-refractivity contribution in [3.05, 3.63) is 48.3 Å². The van der Waals surface area contributed by atoms with Gasteiger partial charge in [-0.2, -0.15) is 5.10 Å². The van der Waals surface area contributed by atoms with E-state index in [9.17, 15) is 0 Å². The average Bonchev–Trinajstić information content (AvgIpc) is 2.78. The third-order valence-electron chi connectivity index (χ3n) is 3.05. The third kappa shape index (κ3) is 2.76. The summed E-state index contributed by atoms with van der Waals surface area (Å²) in [6.07, 6.45) is 12.8. The second-order valence-electron chi connectivity index (χ2n) is 4.36.